The highest BCUT2D eigenvalue weighted by Crippen LogP contribution is 2.09. The fraction of sp³-hybridized carbons (Fsp3) is 0.200. The lowest BCUT2D eigenvalue weighted by Crippen LogP contribution is -2.70. The molecule has 1 aromatic rings. The van der Waals surface area contributed by atoms with Gasteiger partial charge in [-0.25, -0.2) is 0 Å². The summed E-state index contributed by atoms with van der Waals surface area (Å²) in [6.45, 7) is 0. The van der Waals surface area contributed by atoms with Crippen LogP contribution in [0.1, 0.15) is 0 Å². The molecule has 0 spiro atoms. The summed E-state index contributed by atoms with van der Waals surface area (Å²) in [6, 6.07) is 7.68. The van der Waals surface area contributed by atoms with Gasteiger partial charge in [-0.05, 0) is 12.1 Å². The molecule has 1 aliphatic heterocycles. The van der Waals surface area contributed by atoms with Crippen LogP contribution in [0, 0.1) is 0 Å². The van der Waals surface area contributed by atoms with E-state index in [2.05, 4.69) is 10.6 Å². The lowest BCUT2D eigenvalue weighted by atomic mass is 9.99. The van der Waals surface area contributed by atoms with Gasteiger partial charge in [0.25, 0.3) is 0 Å². The number of β-lactam (4-membered cyclic amide) rings is 1. The molecule has 0 bridgehead atoms. The summed E-state index contributed by atoms with van der Waals surface area (Å²) < 4.78 is 0. The number of rotatable bonds is 2. The third-order valence-electron chi connectivity index (χ3n) is 2.28. The summed E-state index contributed by atoms with van der Waals surface area (Å²) in [5.41, 5.74) is 6.14. The minimum Gasteiger partial charge on any atom is -0.341 e. The fourth-order valence-electron chi connectivity index (χ4n) is 1.36. The molecule has 5 heteroatoms. The molecule has 2 rings (SSSR count). The van der Waals surface area contributed by atoms with Gasteiger partial charge in [0.2, 0.25) is 11.8 Å². The largest absolute Gasteiger partial charge is 0.341 e. The van der Waals surface area contributed by atoms with Crippen LogP contribution < -0.4 is 16.4 Å². The van der Waals surface area contributed by atoms with Crippen molar-refractivity contribution in [2.45, 2.75) is 12.1 Å². The zero-order valence-corrected chi connectivity index (χ0v) is 7.94. The maximum atomic E-state index is 11.5. The molecule has 5 nitrogen and oxygen atoms in total. The first kappa shape index (κ1) is 9.67. The lowest BCUT2D eigenvalue weighted by molar-refractivity contribution is -0.136. The van der Waals surface area contributed by atoms with Crippen LogP contribution in [-0.4, -0.2) is 23.9 Å². The number of amides is 2. The van der Waals surface area contributed by atoms with Gasteiger partial charge in [-0.2, -0.15) is 0 Å². The fourth-order valence-corrected chi connectivity index (χ4v) is 1.36. The Labute approximate surface area is 86.6 Å². The highest BCUT2D eigenvalue weighted by atomic mass is 16.2. The molecule has 0 aliphatic carbocycles. The number of nitrogens with one attached hydrogen (secondary N) is 2. The summed E-state index contributed by atoms with van der Waals surface area (Å²) in [5.74, 6) is -0.573. The Morgan fingerprint density at radius 1 is 1.33 bits per heavy atom. The van der Waals surface area contributed by atoms with Gasteiger partial charge in [0.05, 0.1) is 0 Å². The van der Waals surface area contributed by atoms with E-state index in [0.29, 0.717) is 5.69 Å². The van der Waals surface area contributed by atoms with E-state index >= 15 is 0 Å². The Morgan fingerprint density at radius 2 is 2.00 bits per heavy atom. The van der Waals surface area contributed by atoms with Crippen molar-refractivity contribution in [3.63, 3.8) is 0 Å². The summed E-state index contributed by atoms with van der Waals surface area (Å²) in [6.07, 6.45) is 0. The molecule has 1 heterocycles. The van der Waals surface area contributed by atoms with Crippen LogP contribution >= 0.6 is 0 Å². The van der Waals surface area contributed by atoms with E-state index < -0.39 is 12.1 Å². The van der Waals surface area contributed by atoms with Gasteiger partial charge in [-0.3, -0.25) is 9.59 Å². The number of hydrogen-bond donors (Lipinski definition) is 3. The number of carbonyl (C=O) groups excluding carboxylic acids is 2. The first-order chi connectivity index (χ1) is 7.18. The monoisotopic (exact) mass is 205 g/mol. The predicted octanol–water partition coefficient (Wildman–Crippen LogP) is -0.549. The molecule has 78 valence electrons. The quantitative estimate of drug-likeness (QED) is 0.566. The van der Waals surface area contributed by atoms with Crippen molar-refractivity contribution in [2.75, 3.05) is 5.32 Å². The highest BCUT2D eigenvalue weighted by Gasteiger charge is 2.41. The molecular formula is C10H11N3O2. The Kier molecular flexibility index (Phi) is 2.39. The predicted molar refractivity (Wildman–Crippen MR) is 55.0 cm³/mol. The van der Waals surface area contributed by atoms with E-state index in [0.717, 1.165) is 0 Å². The molecule has 1 saturated heterocycles. The SMILES string of the molecule is NC1C(=O)NC1C(=O)Nc1ccccc1. The van der Waals surface area contributed by atoms with Gasteiger partial charge in [-0.1, -0.05) is 18.2 Å². The van der Waals surface area contributed by atoms with E-state index in [9.17, 15) is 9.59 Å². The summed E-state index contributed by atoms with van der Waals surface area (Å²) in [4.78, 5) is 22.3. The molecule has 1 aromatic carbocycles. The van der Waals surface area contributed by atoms with Crippen LogP contribution in [-0.2, 0) is 9.59 Å². The standard InChI is InChI=1S/C10H11N3O2/c11-7-8(13-9(7)14)10(15)12-6-4-2-1-3-5-6/h1-5,7-8H,11H2,(H,12,15)(H,13,14). The molecular weight excluding hydrogens is 194 g/mol. The number of hydrogen-bond acceptors (Lipinski definition) is 3. The molecule has 0 aromatic heterocycles. The molecule has 15 heavy (non-hydrogen) atoms. The Bertz CT molecular complexity index is 391. The molecule has 0 radical (unpaired) electrons. The molecule has 4 N–H and O–H groups in total. The smallest absolute Gasteiger partial charge is 0.249 e. The minimum absolute atomic E-state index is 0.284. The maximum Gasteiger partial charge on any atom is 0.249 e. The summed E-state index contributed by atoms with van der Waals surface area (Å²) >= 11 is 0. The van der Waals surface area contributed by atoms with Gasteiger partial charge in [0.15, 0.2) is 0 Å². The minimum atomic E-state index is -0.728. The lowest BCUT2D eigenvalue weighted by Gasteiger charge is -2.32. The normalized spacial score (nSPS) is 23.9. The first-order valence-corrected chi connectivity index (χ1v) is 4.60. The van der Waals surface area contributed by atoms with Gasteiger partial charge >= 0.3 is 0 Å². The topological polar surface area (TPSA) is 84.2 Å². The van der Waals surface area contributed by atoms with E-state index in [1.807, 2.05) is 18.2 Å². The van der Waals surface area contributed by atoms with Crippen molar-refractivity contribution < 1.29 is 9.59 Å². The first-order valence-electron chi connectivity index (χ1n) is 4.60. The van der Waals surface area contributed by atoms with Crippen molar-refractivity contribution >= 4 is 17.5 Å². The van der Waals surface area contributed by atoms with Crippen molar-refractivity contribution in [3.8, 4) is 0 Å². The van der Waals surface area contributed by atoms with Crippen molar-refractivity contribution in [3.05, 3.63) is 30.3 Å². The number of benzene rings is 1. The van der Waals surface area contributed by atoms with E-state index in [4.69, 9.17) is 5.73 Å². The molecule has 2 amide bonds. The van der Waals surface area contributed by atoms with Crippen LogP contribution in [0.4, 0.5) is 5.69 Å². The third-order valence-corrected chi connectivity index (χ3v) is 2.28. The van der Waals surface area contributed by atoms with E-state index in [-0.39, 0.29) is 11.8 Å². The van der Waals surface area contributed by atoms with Gasteiger partial charge in [0.1, 0.15) is 12.1 Å². The Hall–Kier alpha value is -1.88. The second-order valence-electron chi connectivity index (χ2n) is 3.37. The Balaban J connectivity index is 1.97. The molecule has 2 atom stereocenters. The maximum absolute atomic E-state index is 11.5. The van der Waals surface area contributed by atoms with Crippen LogP contribution in [0.2, 0.25) is 0 Å². The zero-order chi connectivity index (χ0) is 10.8. The number of nitrogens with two attached hydrogens (primary N) is 1. The summed E-state index contributed by atoms with van der Waals surface area (Å²) in [5, 5.41) is 5.10. The van der Waals surface area contributed by atoms with Gasteiger partial charge in [0, 0.05) is 5.69 Å². The Morgan fingerprint density at radius 3 is 2.53 bits per heavy atom. The van der Waals surface area contributed by atoms with Crippen LogP contribution in [0.5, 0.6) is 0 Å². The van der Waals surface area contributed by atoms with Crippen LogP contribution in [0.3, 0.4) is 0 Å². The number of para-hydroxylation sites is 1. The van der Waals surface area contributed by atoms with Crippen molar-refractivity contribution in [2.24, 2.45) is 5.73 Å². The van der Waals surface area contributed by atoms with Crippen molar-refractivity contribution in [1.29, 1.82) is 0 Å². The second kappa shape index (κ2) is 3.70. The summed E-state index contributed by atoms with van der Waals surface area (Å²) in [7, 11) is 0. The average molecular weight is 205 g/mol. The second-order valence-corrected chi connectivity index (χ2v) is 3.37. The van der Waals surface area contributed by atoms with Crippen LogP contribution in [0.25, 0.3) is 0 Å². The van der Waals surface area contributed by atoms with Crippen LogP contribution in [0.15, 0.2) is 30.3 Å². The van der Waals surface area contributed by atoms with Gasteiger partial charge in [-0.15, -0.1) is 0 Å². The van der Waals surface area contributed by atoms with E-state index in [1.54, 1.807) is 12.1 Å². The molecule has 0 saturated carbocycles. The molecule has 1 fully saturated rings. The van der Waals surface area contributed by atoms with E-state index in [1.165, 1.54) is 0 Å². The highest BCUT2D eigenvalue weighted by molar-refractivity contribution is 6.06. The van der Waals surface area contributed by atoms with Crippen molar-refractivity contribution in [1.82, 2.24) is 5.32 Å². The number of anilines is 1. The number of carbonyl (C=O) groups is 2. The molecule has 2 unspecified atom stereocenters. The zero-order valence-electron chi connectivity index (χ0n) is 7.94. The molecule has 1 aliphatic rings. The van der Waals surface area contributed by atoms with Gasteiger partial charge < -0.3 is 16.4 Å². The average Bonchev–Trinajstić information content (AvgIpc) is 2.26. The third kappa shape index (κ3) is 1.82.